The molecule has 2 aliphatic heterocycles. The Balaban J connectivity index is 0.00000121. The first-order valence-electron chi connectivity index (χ1n) is 8.82. The van der Waals surface area contributed by atoms with Gasteiger partial charge < -0.3 is 16.0 Å². The molecule has 0 amide bonds. The van der Waals surface area contributed by atoms with E-state index in [1.165, 1.54) is 11.3 Å². The monoisotopic (exact) mass is 396 g/mol. The minimum Gasteiger partial charge on any atom is -0.355 e. The number of rotatable bonds is 2. The van der Waals surface area contributed by atoms with Crippen LogP contribution in [0, 0.1) is 0 Å². The third kappa shape index (κ3) is 4.43. The third-order valence-corrected chi connectivity index (χ3v) is 4.84. The highest BCUT2D eigenvalue weighted by atomic mass is 35.5. The Bertz CT molecular complexity index is 712. The molecule has 26 heavy (non-hydrogen) atoms. The number of nitrogens with one attached hydrogen (secondary N) is 1. The van der Waals surface area contributed by atoms with Crippen molar-refractivity contribution in [1.29, 1.82) is 0 Å². The molecule has 0 saturated carbocycles. The summed E-state index contributed by atoms with van der Waals surface area (Å²) in [4.78, 5) is 16.4. The fraction of sp³-hybridized carbons (Fsp3) is 0.500. The van der Waals surface area contributed by atoms with E-state index in [-0.39, 0.29) is 30.9 Å². The van der Waals surface area contributed by atoms with Gasteiger partial charge in [-0.15, -0.1) is 24.8 Å². The fourth-order valence-corrected chi connectivity index (χ4v) is 3.61. The van der Waals surface area contributed by atoms with E-state index in [4.69, 9.17) is 15.7 Å². The lowest BCUT2D eigenvalue weighted by atomic mass is 10.0. The van der Waals surface area contributed by atoms with Crippen LogP contribution >= 0.6 is 24.8 Å². The zero-order chi connectivity index (χ0) is 16.4. The molecule has 6 nitrogen and oxygen atoms in total. The van der Waals surface area contributed by atoms with Crippen molar-refractivity contribution >= 4 is 30.6 Å². The maximum absolute atomic E-state index is 6.21. The number of fused-ring (bicyclic) bond motifs is 1. The topological polar surface area (TPSA) is 80.0 Å². The summed E-state index contributed by atoms with van der Waals surface area (Å²) >= 11 is 0. The van der Waals surface area contributed by atoms with Crippen molar-refractivity contribution < 1.29 is 0 Å². The smallest absolute Gasteiger partial charge is 0.163 e. The van der Waals surface area contributed by atoms with Crippen LogP contribution in [0.4, 0.5) is 5.82 Å². The van der Waals surface area contributed by atoms with E-state index >= 15 is 0 Å². The molecule has 3 N–H and O–H groups in total. The molecule has 8 heteroatoms. The Labute approximate surface area is 166 Å². The Morgan fingerprint density at radius 1 is 1.15 bits per heavy atom. The number of aromatic nitrogens is 3. The molecule has 2 aliphatic rings. The zero-order valence-electron chi connectivity index (χ0n) is 14.7. The van der Waals surface area contributed by atoms with Gasteiger partial charge in [-0.25, -0.2) is 9.97 Å². The molecule has 4 rings (SSSR count). The summed E-state index contributed by atoms with van der Waals surface area (Å²) in [6.45, 7) is 3.85. The largest absolute Gasteiger partial charge is 0.355 e. The number of halogens is 2. The van der Waals surface area contributed by atoms with E-state index in [9.17, 15) is 0 Å². The van der Waals surface area contributed by atoms with Gasteiger partial charge in [0, 0.05) is 55.6 Å². The van der Waals surface area contributed by atoms with Gasteiger partial charge in [-0.05, 0) is 37.9 Å². The number of anilines is 1. The summed E-state index contributed by atoms with van der Waals surface area (Å²) in [5.41, 5.74) is 9.65. The summed E-state index contributed by atoms with van der Waals surface area (Å²) in [5.74, 6) is 1.86. The molecule has 0 aliphatic carbocycles. The van der Waals surface area contributed by atoms with Crippen LogP contribution in [0.25, 0.3) is 11.4 Å². The van der Waals surface area contributed by atoms with E-state index in [0.29, 0.717) is 0 Å². The normalized spacial score (nSPS) is 19.6. The summed E-state index contributed by atoms with van der Waals surface area (Å²) in [5, 5.41) is 3.47. The van der Waals surface area contributed by atoms with Crippen LogP contribution in [-0.4, -0.2) is 47.2 Å². The lowest BCUT2D eigenvalue weighted by Gasteiger charge is -2.33. The van der Waals surface area contributed by atoms with Gasteiger partial charge in [-0.2, -0.15) is 0 Å². The van der Waals surface area contributed by atoms with Crippen LogP contribution < -0.4 is 16.0 Å². The number of hydrogen-bond acceptors (Lipinski definition) is 6. The average Bonchev–Trinajstić information content (AvgIpc) is 2.87. The first-order chi connectivity index (χ1) is 11.8. The Hall–Kier alpha value is -1.47. The van der Waals surface area contributed by atoms with Crippen molar-refractivity contribution in [2.45, 2.75) is 31.7 Å². The molecule has 0 bridgehead atoms. The molecule has 1 fully saturated rings. The Kier molecular flexibility index (Phi) is 7.58. The molecule has 0 spiro atoms. The second-order valence-corrected chi connectivity index (χ2v) is 6.64. The van der Waals surface area contributed by atoms with Crippen LogP contribution in [0.1, 0.15) is 24.1 Å². The van der Waals surface area contributed by atoms with E-state index in [1.807, 2.05) is 18.3 Å². The minimum atomic E-state index is 0. The molecule has 0 aromatic carbocycles. The van der Waals surface area contributed by atoms with E-state index in [1.54, 1.807) is 6.20 Å². The highest BCUT2D eigenvalue weighted by Crippen LogP contribution is 2.28. The molecule has 1 unspecified atom stereocenters. The molecule has 0 radical (unpaired) electrons. The van der Waals surface area contributed by atoms with Crippen LogP contribution in [-0.2, 0) is 12.8 Å². The van der Waals surface area contributed by atoms with E-state index in [2.05, 4.69) is 15.2 Å². The highest BCUT2D eigenvalue weighted by Gasteiger charge is 2.24. The summed E-state index contributed by atoms with van der Waals surface area (Å²) in [7, 11) is 0. The highest BCUT2D eigenvalue weighted by molar-refractivity contribution is 5.85. The molecule has 4 heterocycles. The summed E-state index contributed by atoms with van der Waals surface area (Å²) in [6.07, 6.45) is 7.76. The van der Waals surface area contributed by atoms with Crippen LogP contribution in [0.5, 0.6) is 0 Å². The number of piperidine rings is 1. The molecule has 2 aromatic rings. The van der Waals surface area contributed by atoms with Crippen molar-refractivity contribution in [2.75, 3.05) is 31.1 Å². The number of pyridine rings is 1. The van der Waals surface area contributed by atoms with Crippen molar-refractivity contribution in [3.8, 4) is 11.4 Å². The second kappa shape index (κ2) is 9.46. The van der Waals surface area contributed by atoms with Gasteiger partial charge in [0.05, 0.1) is 5.69 Å². The fourth-order valence-electron chi connectivity index (χ4n) is 3.61. The average molecular weight is 397 g/mol. The standard InChI is InChI=1S/C18H24N6.2ClH/c19-14-4-2-10-24(12-14)18-15-5-8-20-9-6-16(15)22-17(23-18)13-3-1-7-21-11-13;;/h1,3,7,11,14,20H,2,4-6,8-10,12,19H2;2*1H. The SMILES string of the molecule is Cl.Cl.NC1CCCN(c2nc(-c3cccnc3)nc3c2CCNCC3)C1. The lowest BCUT2D eigenvalue weighted by molar-refractivity contribution is 0.501. The number of hydrogen-bond donors (Lipinski definition) is 2. The number of nitrogens with two attached hydrogens (primary N) is 1. The lowest BCUT2D eigenvalue weighted by Crippen LogP contribution is -2.43. The second-order valence-electron chi connectivity index (χ2n) is 6.64. The van der Waals surface area contributed by atoms with Crippen LogP contribution in [0.15, 0.2) is 24.5 Å². The number of nitrogens with zero attached hydrogens (tertiary/aromatic N) is 4. The first kappa shape index (κ1) is 20.8. The van der Waals surface area contributed by atoms with Crippen LogP contribution in [0.3, 0.4) is 0 Å². The first-order valence-corrected chi connectivity index (χ1v) is 8.82. The van der Waals surface area contributed by atoms with E-state index in [0.717, 1.165) is 69.1 Å². The van der Waals surface area contributed by atoms with Gasteiger partial charge in [-0.3, -0.25) is 4.98 Å². The predicted molar refractivity (Wildman–Crippen MR) is 109 cm³/mol. The summed E-state index contributed by atoms with van der Waals surface area (Å²) < 4.78 is 0. The van der Waals surface area contributed by atoms with Gasteiger partial charge in [0.15, 0.2) is 5.82 Å². The quantitative estimate of drug-likeness (QED) is 0.807. The van der Waals surface area contributed by atoms with Crippen molar-refractivity contribution in [2.24, 2.45) is 5.73 Å². The van der Waals surface area contributed by atoms with Gasteiger partial charge in [0.25, 0.3) is 0 Å². The Morgan fingerprint density at radius 2 is 2.00 bits per heavy atom. The zero-order valence-corrected chi connectivity index (χ0v) is 16.4. The van der Waals surface area contributed by atoms with Gasteiger partial charge in [0.2, 0.25) is 0 Å². The molecule has 1 saturated heterocycles. The maximum Gasteiger partial charge on any atom is 0.163 e. The molecule has 2 aromatic heterocycles. The molecule has 142 valence electrons. The van der Waals surface area contributed by atoms with E-state index < -0.39 is 0 Å². The van der Waals surface area contributed by atoms with Gasteiger partial charge in [0.1, 0.15) is 5.82 Å². The van der Waals surface area contributed by atoms with Crippen molar-refractivity contribution in [1.82, 2.24) is 20.3 Å². The van der Waals surface area contributed by atoms with Crippen molar-refractivity contribution in [3.63, 3.8) is 0 Å². The Morgan fingerprint density at radius 3 is 2.77 bits per heavy atom. The predicted octanol–water partition coefficient (Wildman–Crippen LogP) is 2.00. The van der Waals surface area contributed by atoms with Gasteiger partial charge >= 0.3 is 0 Å². The molecular weight excluding hydrogens is 371 g/mol. The van der Waals surface area contributed by atoms with Crippen molar-refractivity contribution in [3.05, 3.63) is 35.8 Å². The summed E-state index contributed by atoms with van der Waals surface area (Å²) in [6, 6.07) is 4.19. The van der Waals surface area contributed by atoms with Crippen LogP contribution in [0.2, 0.25) is 0 Å². The van der Waals surface area contributed by atoms with Gasteiger partial charge in [-0.1, -0.05) is 0 Å². The molecular formula is C18H26Cl2N6. The minimum absolute atomic E-state index is 0. The molecule has 1 atom stereocenters. The third-order valence-electron chi connectivity index (χ3n) is 4.84. The maximum atomic E-state index is 6.21.